The van der Waals surface area contributed by atoms with Gasteiger partial charge in [-0.3, -0.25) is 4.79 Å². The van der Waals surface area contributed by atoms with E-state index in [1.165, 1.54) is 18.2 Å². The highest BCUT2D eigenvalue weighted by Gasteiger charge is 2.23. The van der Waals surface area contributed by atoms with Crippen LogP contribution in [-0.2, 0) is 22.6 Å². The number of nitrogens with zero attached hydrogens (tertiary/aromatic N) is 2. The molecule has 0 radical (unpaired) electrons. The number of ketones is 1. The van der Waals surface area contributed by atoms with E-state index in [4.69, 9.17) is 9.47 Å². The number of carbonyl (C=O) groups excluding carboxylic acids is 2. The van der Waals surface area contributed by atoms with Gasteiger partial charge in [-0.05, 0) is 49.2 Å². The fraction of sp³-hybridized carbons (Fsp3) is 0.185. The van der Waals surface area contributed by atoms with Crippen LogP contribution in [0.3, 0.4) is 0 Å². The van der Waals surface area contributed by atoms with Crippen molar-refractivity contribution in [3.8, 4) is 17.9 Å². The molecular weight excluding hydrogens is 467 g/mol. The Morgan fingerprint density at radius 2 is 1.83 bits per heavy atom. The zero-order chi connectivity index (χ0) is 25.4. The average molecular weight is 489 g/mol. The number of halogens is 1. The summed E-state index contributed by atoms with van der Waals surface area (Å²) < 4.78 is 24.0. The summed E-state index contributed by atoms with van der Waals surface area (Å²) in [5.41, 5.74) is 1.87. The van der Waals surface area contributed by atoms with Crippen molar-refractivity contribution in [2.24, 2.45) is 0 Å². The van der Waals surface area contributed by atoms with E-state index in [0.717, 1.165) is 16.9 Å². The second-order valence-electron chi connectivity index (χ2n) is 7.41. The summed E-state index contributed by atoms with van der Waals surface area (Å²) in [4.78, 5) is 25.8. The Morgan fingerprint density at radius 1 is 1.11 bits per heavy atom. The lowest BCUT2D eigenvalue weighted by atomic mass is 10.0. The second kappa shape index (κ2) is 11.7. The number of hydrogen-bond donors (Lipinski definition) is 0. The number of hydrogen-bond acceptors (Lipinski definition) is 7. The Morgan fingerprint density at radius 3 is 2.49 bits per heavy atom. The van der Waals surface area contributed by atoms with Crippen molar-refractivity contribution in [1.29, 1.82) is 10.5 Å². The van der Waals surface area contributed by atoms with Crippen molar-refractivity contribution in [2.75, 3.05) is 6.61 Å². The number of para-hydroxylation sites is 1. The Hall–Kier alpha value is -4.27. The standard InChI is InChI=1S/C27H21FN2O4S/c1-3-33-27(32)26-17(2)22(15-30)25(35-26)13-23(31)20(14-29)12-19-6-4-5-7-24(19)34-16-18-8-10-21(28)11-9-18/h4-12H,3,13,16H2,1-2H3/b20-12+. The van der Waals surface area contributed by atoms with Gasteiger partial charge in [0, 0.05) is 16.9 Å². The van der Waals surface area contributed by atoms with Gasteiger partial charge in [0.05, 0.1) is 17.7 Å². The summed E-state index contributed by atoms with van der Waals surface area (Å²) in [6, 6.07) is 16.8. The molecule has 35 heavy (non-hydrogen) atoms. The molecule has 176 valence electrons. The van der Waals surface area contributed by atoms with Crippen LogP contribution >= 0.6 is 11.3 Å². The molecule has 0 amide bonds. The smallest absolute Gasteiger partial charge is 0.348 e. The molecule has 8 heteroatoms. The van der Waals surface area contributed by atoms with Gasteiger partial charge in [-0.2, -0.15) is 10.5 Å². The molecule has 0 spiro atoms. The predicted octanol–water partition coefficient (Wildman–Crippen LogP) is 5.54. The molecule has 0 aliphatic rings. The van der Waals surface area contributed by atoms with Crippen molar-refractivity contribution in [2.45, 2.75) is 26.9 Å². The lowest BCUT2D eigenvalue weighted by molar-refractivity contribution is -0.114. The molecule has 0 N–H and O–H groups in total. The lowest BCUT2D eigenvalue weighted by Gasteiger charge is -2.10. The van der Waals surface area contributed by atoms with E-state index in [-0.39, 0.29) is 41.5 Å². The molecule has 6 nitrogen and oxygen atoms in total. The SMILES string of the molecule is CCOC(=O)c1sc(CC(=O)/C(C#N)=C/c2ccccc2OCc2ccc(F)cc2)c(C#N)c1C. The number of nitriles is 2. The number of allylic oxidation sites excluding steroid dienone is 1. The van der Waals surface area contributed by atoms with Crippen LogP contribution in [0.4, 0.5) is 4.39 Å². The molecule has 0 fully saturated rings. The van der Waals surface area contributed by atoms with Gasteiger partial charge < -0.3 is 9.47 Å². The fourth-order valence-electron chi connectivity index (χ4n) is 3.28. The number of thiophene rings is 1. The van der Waals surface area contributed by atoms with Crippen molar-refractivity contribution in [1.82, 2.24) is 0 Å². The normalized spacial score (nSPS) is 10.8. The molecule has 1 heterocycles. The van der Waals surface area contributed by atoms with E-state index in [9.17, 15) is 24.5 Å². The van der Waals surface area contributed by atoms with Crippen LogP contribution in [-0.4, -0.2) is 18.4 Å². The third kappa shape index (κ3) is 6.20. The first kappa shape index (κ1) is 25.4. The Labute approximate surface area is 206 Å². The molecular formula is C27H21FN2O4S. The minimum atomic E-state index is -0.548. The summed E-state index contributed by atoms with van der Waals surface area (Å²) in [5.74, 6) is -0.932. The first-order valence-electron chi connectivity index (χ1n) is 10.7. The van der Waals surface area contributed by atoms with Gasteiger partial charge in [-0.15, -0.1) is 11.3 Å². The molecule has 0 saturated heterocycles. The van der Waals surface area contributed by atoms with Gasteiger partial charge >= 0.3 is 5.97 Å². The zero-order valence-corrected chi connectivity index (χ0v) is 19.9. The molecule has 0 aliphatic carbocycles. The van der Waals surface area contributed by atoms with Gasteiger partial charge in [0.25, 0.3) is 0 Å². The van der Waals surface area contributed by atoms with E-state index in [1.807, 2.05) is 12.1 Å². The maximum absolute atomic E-state index is 13.1. The lowest BCUT2D eigenvalue weighted by Crippen LogP contribution is -2.05. The highest BCUT2D eigenvalue weighted by atomic mass is 32.1. The van der Waals surface area contributed by atoms with E-state index < -0.39 is 11.8 Å². The number of rotatable bonds is 9. The molecule has 0 bridgehead atoms. The van der Waals surface area contributed by atoms with Gasteiger partial charge in [-0.1, -0.05) is 30.3 Å². The Bertz CT molecular complexity index is 1360. The topological polar surface area (TPSA) is 100 Å². The summed E-state index contributed by atoms with van der Waals surface area (Å²) in [6.07, 6.45) is 1.23. The first-order chi connectivity index (χ1) is 16.9. The first-order valence-corrected chi connectivity index (χ1v) is 11.5. The van der Waals surface area contributed by atoms with E-state index in [0.29, 0.717) is 21.8 Å². The third-order valence-corrected chi connectivity index (χ3v) is 6.33. The average Bonchev–Trinajstić information content (AvgIpc) is 3.17. The van der Waals surface area contributed by atoms with Crippen molar-refractivity contribution in [3.05, 3.63) is 91.9 Å². The predicted molar refractivity (Wildman–Crippen MR) is 129 cm³/mol. The molecule has 3 rings (SSSR count). The van der Waals surface area contributed by atoms with Crippen molar-refractivity contribution in [3.63, 3.8) is 0 Å². The number of carbonyl (C=O) groups is 2. The maximum atomic E-state index is 13.1. The van der Waals surface area contributed by atoms with Crippen molar-refractivity contribution < 1.29 is 23.5 Å². The highest BCUT2D eigenvalue weighted by Crippen LogP contribution is 2.30. The maximum Gasteiger partial charge on any atom is 0.348 e. The van der Waals surface area contributed by atoms with Crippen LogP contribution in [0, 0.1) is 35.4 Å². The van der Waals surface area contributed by atoms with Crippen LogP contribution < -0.4 is 4.74 Å². The summed E-state index contributed by atoms with van der Waals surface area (Å²) >= 11 is 1.03. The zero-order valence-electron chi connectivity index (χ0n) is 19.1. The van der Waals surface area contributed by atoms with E-state index in [1.54, 1.807) is 50.2 Å². The number of esters is 1. The van der Waals surface area contributed by atoms with Gasteiger partial charge in [0.15, 0.2) is 5.78 Å². The van der Waals surface area contributed by atoms with Crippen LogP contribution in [0.5, 0.6) is 5.75 Å². The van der Waals surface area contributed by atoms with Gasteiger partial charge in [-0.25, -0.2) is 9.18 Å². The van der Waals surface area contributed by atoms with Gasteiger partial charge in [0.1, 0.15) is 35.2 Å². The minimum Gasteiger partial charge on any atom is -0.488 e. The largest absolute Gasteiger partial charge is 0.488 e. The number of Topliss-reactive ketones (excluding diaryl/α,β-unsaturated/α-hetero) is 1. The number of ether oxygens (including phenoxy) is 2. The molecule has 2 aromatic carbocycles. The number of benzene rings is 2. The molecule has 1 aromatic heterocycles. The van der Waals surface area contributed by atoms with Gasteiger partial charge in [0.2, 0.25) is 0 Å². The quantitative estimate of drug-likeness (QED) is 0.223. The summed E-state index contributed by atoms with van der Waals surface area (Å²) in [5, 5.41) is 19.2. The van der Waals surface area contributed by atoms with Crippen molar-refractivity contribution >= 4 is 29.2 Å². The monoisotopic (exact) mass is 488 g/mol. The van der Waals surface area contributed by atoms with E-state index in [2.05, 4.69) is 0 Å². The van der Waals surface area contributed by atoms with Crippen LogP contribution in [0.15, 0.2) is 54.1 Å². The van der Waals surface area contributed by atoms with E-state index >= 15 is 0 Å². The second-order valence-corrected chi connectivity index (χ2v) is 8.51. The Balaban J connectivity index is 1.83. The molecule has 3 aromatic rings. The summed E-state index contributed by atoms with van der Waals surface area (Å²) in [6.45, 7) is 3.68. The van der Waals surface area contributed by atoms with Crippen LogP contribution in [0.2, 0.25) is 0 Å². The molecule has 0 atom stereocenters. The Kier molecular flexibility index (Phi) is 8.50. The third-order valence-electron chi connectivity index (χ3n) is 5.06. The van der Waals surface area contributed by atoms with Crippen LogP contribution in [0.1, 0.15) is 43.7 Å². The van der Waals surface area contributed by atoms with Crippen LogP contribution in [0.25, 0.3) is 6.08 Å². The molecule has 0 aliphatic heterocycles. The molecule has 0 saturated carbocycles. The molecule has 0 unspecified atom stereocenters. The minimum absolute atomic E-state index is 0.115. The summed E-state index contributed by atoms with van der Waals surface area (Å²) in [7, 11) is 0. The highest BCUT2D eigenvalue weighted by molar-refractivity contribution is 7.14. The fourth-order valence-corrected chi connectivity index (χ4v) is 4.43.